The van der Waals surface area contributed by atoms with Crippen molar-refractivity contribution in [3.63, 3.8) is 0 Å². The highest BCUT2D eigenvalue weighted by Gasteiger charge is 2.25. The first-order chi connectivity index (χ1) is 13.0. The lowest BCUT2D eigenvalue weighted by Crippen LogP contribution is -2.32. The highest BCUT2D eigenvalue weighted by molar-refractivity contribution is 6.30. The fourth-order valence-corrected chi connectivity index (χ4v) is 3.43. The van der Waals surface area contributed by atoms with Crippen LogP contribution in [0.3, 0.4) is 0 Å². The van der Waals surface area contributed by atoms with Crippen LogP contribution in [-0.2, 0) is 19.5 Å². The number of carbonyl (C=O) groups excluding carboxylic acids is 1. The summed E-state index contributed by atoms with van der Waals surface area (Å²) in [6.45, 7) is 1.66. The van der Waals surface area contributed by atoms with Gasteiger partial charge in [0.25, 0.3) is 5.91 Å². The predicted molar refractivity (Wildman–Crippen MR) is 95.3 cm³/mol. The summed E-state index contributed by atoms with van der Waals surface area (Å²) in [4.78, 5) is 22.2. The minimum Gasteiger partial charge on any atom is -0.364 e. The summed E-state index contributed by atoms with van der Waals surface area (Å²) >= 11 is 5.86. The van der Waals surface area contributed by atoms with Crippen LogP contribution in [0.1, 0.15) is 27.6 Å². The number of nitrogens with two attached hydrogens (primary N) is 1. The van der Waals surface area contributed by atoms with E-state index in [4.69, 9.17) is 21.9 Å². The van der Waals surface area contributed by atoms with Crippen molar-refractivity contribution in [1.82, 2.24) is 20.0 Å². The van der Waals surface area contributed by atoms with Crippen LogP contribution in [0.5, 0.6) is 0 Å². The van der Waals surface area contributed by atoms with Gasteiger partial charge >= 0.3 is 0 Å². The van der Waals surface area contributed by atoms with Crippen molar-refractivity contribution in [3.05, 3.63) is 64.3 Å². The van der Waals surface area contributed by atoms with Crippen LogP contribution in [0.25, 0.3) is 11.1 Å². The molecule has 2 aromatic heterocycles. The van der Waals surface area contributed by atoms with Gasteiger partial charge in [-0.05, 0) is 41.8 Å². The molecule has 0 bridgehead atoms. The van der Waals surface area contributed by atoms with Crippen molar-refractivity contribution < 1.29 is 13.7 Å². The fraction of sp³-hybridized carbons (Fsp3) is 0.222. The molecule has 7 nitrogen and oxygen atoms in total. The molecule has 0 aliphatic carbocycles. The topological polar surface area (TPSA) is 98.1 Å². The van der Waals surface area contributed by atoms with E-state index in [1.54, 1.807) is 18.2 Å². The Kier molecular flexibility index (Phi) is 4.59. The number of nitrogens with zero attached hydrogens (tertiary/aromatic N) is 4. The van der Waals surface area contributed by atoms with E-state index in [1.807, 2.05) is 0 Å². The van der Waals surface area contributed by atoms with Crippen molar-refractivity contribution in [1.29, 1.82) is 0 Å². The maximum absolute atomic E-state index is 14.5. The minimum absolute atomic E-state index is 0.0968. The Morgan fingerprint density at radius 3 is 2.89 bits per heavy atom. The van der Waals surface area contributed by atoms with Crippen molar-refractivity contribution in [2.75, 3.05) is 6.54 Å². The van der Waals surface area contributed by atoms with Gasteiger partial charge in [-0.15, -0.1) is 0 Å². The van der Waals surface area contributed by atoms with Gasteiger partial charge in [-0.1, -0.05) is 16.8 Å². The molecule has 3 aromatic rings. The van der Waals surface area contributed by atoms with E-state index in [-0.39, 0.29) is 5.69 Å². The minimum atomic E-state index is -0.663. The molecular formula is C18H15ClFN5O2. The molecule has 1 aliphatic heterocycles. The standard InChI is InChI=1S/C18H15ClFN5O2/c19-10-1-2-11(14(20)5-10)13-6-15(18(21)26)23-16-7-25(4-3-12(13)16)8-17-22-9-27-24-17/h1-2,5-6,9H,3-4,7-8H2,(H2,21,26). The van der Waals surface area contributed by atoms with Crippen LogP contribution in [0.15, 0.2) is 35.2 Å². The number of hydrogen-bond donors (Lipinski definition) is 1. The lowest BCUT2D eigenvalue weighted by Gasteiger charge is -2.29. The molecular weight excluding hydrogens is 373 g/mol. The number of rotatable bonds is 4. The van der Waals surface area contributed by atoms with Gasteiger partial charge in [0, 0.05) is 23.7 Å². The third-order valence-corrected chi connectivity index (χ3v) is 4.74. The number of benzene rings is 1. The molecule has 2 N–H and O–H groups in total. The highest BCUT2D eigenvalue weighted by atomic mass is 35.5. The quantitative estimate of drug-likeness (QED) is 0.738. The largest absolute Gasteiger partial charge is 0.364 e. The number of pyridine rings is 1. The number of carbonyl (C=O) groups is 1. The molecule has 0 saturated heterocycles. The number of aromatic nitrogens is 3. The summed E-state index contributed by atoms with van der Waals surface area (Å²) < 4.78 is 19.3. The van der Waals surface area contributed by atoms with Crippen LogP contribution in [0.4, 0.5) is 4.39 Å². The van der Waals surface area contributed by atoms with Crippen molar-refractivity contribution in [3.8, 4) is 11.1 Å². The molecule has 0 atom stereocenters. The van der Waals surface area contributed by atoms with Crippen LogP contribution in [-0.4, -0.2) is 32.5 Å². The van der Waals surface area contributed by atoms with Gasteiger partial charge in [-0.25, -0.2) is 9.37 Å². The summed E-state index contributed by atoms with van der Waals surface area (Å²) in [5.41, 5.74) is 8.10. The van der Waals surface area contributed by atoms with Gasteiger partial charge in [0.2, 0.25) is 6.39 Å². The van der Waals surface area contributed by atoms with E-state index in [9.17, 15) is 9.18 Å². The Morgan fingerprint density at radius 2 is 2.19 bits per heavy atom. The SMILES string of the molecule is NC(=O)c1cc(-c2ccc(Cl)cc2F)c2c(n1)CN(Cc1ncon1)CC2. The average molecular weight is 388 g/mol. The number of halogens is 2. The summed E-state index contributed by atoms with van der Waals surface area (Å²) in [6, 6.07) is 6.01. The third-order valence-electron chi connectivity index (χ3n) is 4.51. The molecule has 27 heavy (non-hydrogen) atoms. The van der Waals surface area contributed by atoms with E-state index >= 15 is 0 Å². The Balaban J connectivity index is 1.75. The van der Waals surface area contributed by atoms with Crippen LogP contribution in [0, 0.1) is 5.82 Å². The van der Waals surface area contributed by atoms with Gasteiger partial charge in [-0.3, -0.25) is 9.69 Å². The van der Waals surface area contributed by atoms with Crippen LogP contribution in [0.2, 0.25) is 5.02 Å². The number of amides is 1. The first kappa shape index (κ1) is 17.6. The highest BCUT2D eigenvalue weighted by Crippen LogP contribution is 2.33. The second-order valence-electron chi connectivity index (χ2n) is 6.28. The maximum Gasteiger partial charge on any atom is 0.267 e. The smallest absolute Gasteiger partial charge is 0.267 e. The normalized spacial score (nSPS) is 14.1. The second-order valence-corrected chi connectivity index (χ2v) is 6.71. The average Bonchev–Trinajstić information content (AvgIpc) is 3.13. The molecule has 0 saturated carbocycles. The lowest BCUT2D eigenvalue weighted by atomic mass is 9.93. The molecule has 3 heterocycles. The van der Waals surface area contributed by atoms with Crippen molar-refractivity contribution in [2.24, 2.45) is 5.73 Å². The van der Waals surface area contributed by atoms with Crippen LogP contribution >= 0.6 is 11.6 Å². The zero-order valence-corrected chi connectivity index (χ0v) is 14.9. The summed E-state index contributed by atoms with van der Waals surface area (Å²) in [5.74, 6) is -0.558. The van der Waals surface area contributed by atoms with E-state index in [1.165, 1.54) is 12.5 Å². The Bertz CT molecular complexity index is 1010. The first-order valence-corrected chi connectivity index (χ1v) is 8.64. The van der Waals surface area contributed by atoms with E-state index < -0.39 is 11.7 Å². The summed E-state index contributed by atoms with van der Waals surface area (Å²) in [6.07, 6.45) is 1.91. The van der Waals surface area contributed by atoms with E-state index in [0.29, 0.717) is 53.7 Å². The Labute approximate surface area is 158 Å². The molecule has 0 unspecified atom stereocenters. The molecule has 138 valence electrons. The number of primary amides is 1. The van der Waals surface area contributed by atoms with Gasteiger partial charge in [0.15, 0.2) is 5.82 Å². The number of fused-ring (bicyclic) bond motifs is 1. The molecule has 0 radical (unpaired) electrons. The van der Waals surface area contributed by atoms with Crippen LogP contribution < -0.4 is 5.73 Å². The Morgan fingerprint density at radius 1 is 1.33 bits per heavy atom. The zero-order valence-electron chi connectivity index (χ0n) is 14.2. The van der Waals surface area contributed by atoms with Gasteiger partial charge in [-0.2, -0.15) is 4.98 Å². The molecule has 0 spiro atoms. The maximum atomic E-state index is 14.5. The zero-order chi connectivity index (χ0) is 19.0. The second kappa shape index (κ2) is 7.05. The first-order valence-electron chi connectivity index (χ1n) is 8.27. The summed E-state index contributed by atoms with van der Waals surface area (Å²) in [7, 11) is 0. The molecule has 1 aromatic carbocycles. The monoisotopic (exact) mass is 387 g/mol. The molecule has 0 fully saturated rings. The van der Waals surface area contributed by atoms with Crippen molar-refractivity contribution >= 4 is 17.5 Å². The molecule has 9 heteroatoms. The third kappa shape index (κ3) is 3.54. The predicted octanol–water partition coefficient (Wildman–Crippen LogP) is 2.58. The van der Waals surface area contributed by atoms with Gasteiger partial charge in [0.1, 0.15) is 11.5 Å². The Hall–Kier alpha value is -2.84. The lowest BCUT2D eigenvalue weighted by molar-refractivity contribution is 0.0994. The molecule has 1 aliphatic rings. The van der Waals surface area contributed by atoms with E-state index in [2.05, 4.69) is 20.0 Å². The van der Waals surface area contributed by atoms with Gasteiger partial charge in [0.05, 0.1) is 12.2 Å². The van der Waals surface area contributed by atoms with Crippen molar-refractivity contribution in [2.45, 2.75) is 19.5 Å². The summed E-state index contributed by atoms with van der Waals surface area (Å²) in [5, 5.41) is 4.12. The number of hydrogen-bond acceptors (Lipinski definition) is 6. The fourth-order valence-electron chi connectivity index (χ4n) is 3.27. The van der Waals surface area contributed by atoms with E-state index in [0.717, 1.165) is 5.56 Å². The molecule has 1 amide bonds. The molecule has 4 rings (SSSR count). The van der Waals surface area contributed by atoms with Gasteiger partial charge < -0.3 is 10.3 Å².